The van der Waals surface area contributed by atoms with Gasteiger partial charge in [0, 0.05) is 5.56 Å². The fourth-order valence-corrected chi connectivity index (χ4v) is 2.24. The first-order valence-electron chi connectivity index (χ1n) is 4.83. The Hall–Kier alpha value is -1.95. The van der Waals surface area contributed by atoms with Gasteiger partial charge in [-0.3, -0.25) is 0 Å². The molecule has 0 unspecified atom stereocenters. The van der Waals surface area contributed by atoms with E-state index in [0.29, 0.717) is 27.1 Å². The van der Waals surface area contributed by atoms with Gasteiger partial charge in [0.15, 0.2) is 5.13 Å². The van der Waals surface area contributed by atoms with Crippen molar-refractivity contribution in [3.05, 3.63) is 18.2 Å². The van der Waals surface area contributed by atoms with E-state index >= 15 is 0 Å². The Balaban J connectivity index is 2.59. The summed E-state index contributed by atoms with van der Waals surface area (Å²) in [5.41, 5.74) is 6.26. The van der Waals surface area contributed by atoms with Gasteiger partial charge in [-0.25, -0.2) is 0 Å². The Kier molecular flexibility index (Phi) is 3.06. The predicted molar refractivity (Wildman–Crippen MR) is 66.7 cm³/mol. The summed E-state index contributed by atoms with van der Waals surface area (Å²) in [4.78, 5) is 4.34. The van der Waals surface area contributed by atoms with Crippen molar-refractivity contribution in [1.29, 1.82) is 0 Å². The molecular formula is C11H12N2O3S. The summed E-state index contributed by atoms with van der Waals surface area (Å²) in [5, 5.41) is 10.00. The Morgan fingerprint density at radius 1 is 1.29 bits per heavy atom. The SMILES string of the molecule is COc1ccc(OC)c(-c2sc(N)nc2O)c1. The van der Waals surface area contributed by atoms with Gasteiger partial charge in [-0.15, -0.1) is 0 Å². The molecule has 0 amide bonds. The molecule has 0 saturated carbocycles. The molecule has 0 aliphatic carbocycles. The van der Waals surface area contributed by atoms with Crippen molar-refractivity contribution in [2.45, 2.75) is 0 Å². The first-order chi connectivity index (χ1) is 8.15. The van der Waals surface area contributed by atoms with Crippen molar-refractivity contribution in [1.82, 2.24) is 4.98 Å². The minimum absolute atomic E-state index is 0.0981. The van der Waals surface area contributed by atoms with E-state index in [-0.39, 0.29) is 5.88 Å². The van der Waals surface area contributed by atoms with E-state index in [9.17, 15) is 5.11 Å². The van der Waals surface area contributed by atoms with Crippen LogP contribution in [0.5, 0.6) is 17.4 Å². The van der Waals surface area contributed by atoms with Gasteiger partial charge in [0.1, 0.15) is 16.4 Å². The average molecular weight is 252 g/mol. The molecule has 2 aromatic rings. The van der Waals surface area contributed by atoms with E-state index in [2.05, 4.69) is 4.98 Å². The van der Waals surface area contributed by atoms with Gasteiger partial charge in [-0.05, 0) is 18.2 Å². The number of aromatic nitrogens is 1. The van der Waals surface area contributed by atoms with E-state index in [1.54, 1.807) is 32.4 Å². The second-order valence-corrected chi connectivity index (χ2v) is 4.30. The number of nitrogens with zero attached hydrogens (tertiary/aromatic N) is 1. The van der Waals surface area contributed by atoms with Crippen LogP contribution in [0.3, 0.4) is 0 Å². The Morgan fingerprint density at radius 2 is 2.06 bits per heavy atom. The summed E-state index contributed by atoms with van der Waals surface area (Å²) >= 11 is 1.20. The summed E-state index contributed by atoms with van der Waals surface area (Å²) in [6.07, 6.45) is 0. The van der Waals surface area contributed by atoms with Crippen LogP contribution in [0.25, 0.3) is 10.4 Å². The van der Waals surface area contributed by atoms with E-state index < -0.39 is 0 Å². The number of nitrogens with two attached hydrogens (primary N) is 1. The maximum Gasteiger partial charge on any atom is 0.232 e. The van der Waals surface area contributed by atoms with Gasteiger partial charge in [0.25, 0.3) is 0 Å². The van der Waals surface area contributed by atoms with Crippen LogP contribution in [0.2, 0.25) is 0 Å². The average Bonchev–Trinajstić information content (AvgIpc) is 2.67. The van der Waals surface area contributed by atoms with E-state index in [4.69, 9.17) is 15.2 Å². The highest BCUT2D eigenvalue weighted by molar-refractivity contribution is 7.19. The molecule has 3 N–H and O–H groups in total. The fraction of sp³-hybridized carbons (Fsp3) is 0.182. The summed E-state index contributed by atoms with van der Waals surface area (Å²) in [6, 6.07) is 5.32. The van der Waals surface area contributed by atoms with Crippen LogP contribution in [0.1, 0.15) is 0 Å². The number of hydrogen-bond donors (Lipinski definition) is 2. The predicted octanol–water partition coefficient (Wildman–Crippen LogP) is 2.12. The molecule has 0 bridgehead atoms. The zero-order valence-electron chi connectivity index (χ0n) is 9.43. The van der Waals surface area contributed by atoms with Crippen LogP contribution in [0, 0.1) is 0 Å². The molecule has 17 heavy (non-hydrogen) atoms. The molecule has 0 atom stereocenters. The highest BCUT2D eigenvalue weighted by atomic mass is 32.1. The van der Waals surface area contributed by atoms with Crippen molar-refractivity contribution >= 4 is 16.5 Å². The van der Waals surface area contributed by atoms with Gasteiger partial charge in [0.05, 0.1) is 14.2 Å². The van der Waals surface area contributed by atoms with Crippen LogP contribution in [-0.2, 0) is 0 Å². The highest BCUT2D eigenvalue weighted by Gasteiger charge is 2.15. The van der Waals surface area contributed by atoms with Crippen molar-refractivity contribution in [2.75, 3.05) is 20.0 Å². The van der Waals surface area contributed by atoms with Gasteiger partial charge in [-0.2, -0.15) is 4.98 Å². The van der Waals surface area contributed by atoms with E-state index in [1.165, 1.54) is 11.3 Å². The lowest BCUT2D eigenvalue weighted by molar-refractivity contribution is 0.404. The number of benzene rings is 1. The largest absolute Gasteiger partial charge is 0.497 e. The number of anilines is 1. The van der Waals surface area contributed by atoms with Gasteiger partial charge < -0.3 is 20.3 Å². The normalized spacial score (nSPS) is 10.2. The second-order valence-electron chi connectivity index (χ2n) is 3.27. The zero-order valence-corrected chi connectivity index (χ0v) is 10.2. The summed E-state index contributed by atoms with van der Waals surface area (Å²) in [5.74, 6) is 1.20. The monoisotopic (exact) mass is 252 g/mol. The van der Waals surface area contributed by atoms with Gasteiger partial charge >= 0.3 is 0 Å². The molecule has 0 spiro atoms. The minimum atomic E-state index is -0.0981. The van der Waals surface area contributed by atoms with Crippen molar-refractivity contribution < 1.29 is 14.6 Å². The van der Waals surface area contributed by atoms with Gasteiger partial charge in [0.2, 0.25) is 5.88 Å². The third kappa shape index (κ3) is 2.12. The third-order valence-electron chi connectivity index (χ3n) is 2.28. The van der Waals surface area contributed by atoms with Crippen molar-refractivity contribution in [2.24, 2.45) is 0 Å². The lowest BCUT2D eigenvalue weighted by Crippen LogP contribution is -1.89. The Labute approximate surface area is 102 Å². The molecular weight excluding hydrogens is 240 g/mol. The molecule has 0 aliphatic heterocycles. The van der Waals surface area contributed by atoms with Crippen LogP contribution in [0.15, 0.2) is 18.2 Å². The molecule has 0 aliphatic rings. The number of methoxy groups -OCH3 is 2. The lowest BCUT2D eigenvalue weighted by Gasteiger charge is -2.08. The van der Waals surface area contributed by atoms with Crippen molar-refractivity contribution in [3.8, 4) is 27.8 Å². The first-order valence-corrected chi connectivity index (χ1v) is 5.65. The smallest absolute Gasteiger partial charge is 0.232 e. The Morgan fingerprint density at radius 3 is 2.59 bits per heavy atom. The molecule has 1 aromatic carbocycles. The standard InChI is InChI=1S/C11H12N2O3S/c1-15-6-3-4-8(16-2)7(5-6)9-10(14)13-11(12)17-9/h3-5,14H,1-2H3,(H2,12,13). The van der Waals surface area contributed by atoms with E-state index in [1.807, 2.05) is 0 Å². The first kappa shape index (κ1) is 11.5. The highest BCUT2D eigenvalue weighted by Crippen LogP contribution is 2.42. The Bertz CT molecular complexity index is 540. The molecule has 1 heterocycles. The van der Waals surface area contributed by atoms with Crippen molar-refractivity contribution in [3.63, 3.8) is 0 Å². The number of nitrogen functional groups attached to an aromatic ring is 1. The van der Waals surface area contributed by atoms with Crippen LogP contribution in [-0.4, -0.2) is 24.3 Å². The lowest BCUT2D eigenvalue weighted by atomic mass is 10.1. The second kappa shape index (κ2) is 4.50. The third-order valence-corrected chi connectivity index (χ3v) is 3.18. The molecule has 1 aromatic heterocycles. The van der Waals surface area contributed by atoms with Crippen LogP contribution in [0.4, 0.5) is 5.13 Å². The molecule has 6 heteroatoms. The molecule has 5 nitrogen and oxygen atoms in total. The summed E-state index contributed by atoms with van der Waals surface area (Å²) < 4.78 is 10.4. The van der Waals surface area contributed by atoms with Crippen LogP contribution >= 0.6 is 11.3 Å². The summed E-state index contributed by atoms with van der Waals surface area (Å²) in [6.45, 7) is 0. The van der Waals surface area contributed by atoms with Gasteiger partial charge in [-0.1, -0.05) is 11.3 Å². The number of hydrogen-bond acceptors (Lipinski definition) is 6. The van der Waals surface area contributed by atoms with E-state index in [0.717, 1.165) is 0 Å². The number of aromatic hydroxyl groups is 1. The maximum absolute atomic E-state index is 9.69. The number of ether oxygens (including phenoxy) is 2. The number of rotatable bonds is 3. The maximum atomic E-state index is 9.69. The number of thiazole rings is 1. The zero-order chi connectivity index (χ0) is 12.4. The summed E-state index contributed by atoms with van der Waals surface area (Å²) in [7, 11) is 3.14. The molecule has 90 valence electrons. The molecule has 0 radical (unpaired) electrons. The molecule has 0 saturated heterocycles. The topological polar surface area (TPSA) is 77.6 Å². The minimum Gasteiger partial charge on any atom is -0.497 e. The molecule has 0 fully saturated rings. The fourth-order valence-electron chi connectivity index (χ4n) is 1.50. The molecule has 2 rings (SSSR count). The van der Waals surface area contributed by atoms with Crippen LogP contribution < -0.4 is 15.2 Å². The quantitative estimate of drug-likeness (QED) is 0.874.